The van der Waals surface area contributed by atoms with E-state index in [1.807, 2.05) is 26.0 Å². The topological polar surface area (TPSA) is 92.9 Å². The molecule has 3 N–H and O–H groups in total. The molecule has 0 aromatic heterocycles. The Morgan fingerprint density at radius 3 is 1.14 bits per heavy atom. The van der Waals surface area contributed by atoms with Crippen molar-refractivity contribution in [3.05, 3.63) is 0 Å². The maximum atomic E-state index is 10.3. The lowest BCUT2D eigenvalue weighted by atomic mass is 10.0. The zero-order valence-corrected chi connectivity index (χ0v) is 20.9. The number of hydrogen-bond donors (Lipinski definition) is 2. The van der Waals surface area contributed by atoms with Gasteiger partial charge in [-0.3, -0.25) is 4.55 Å². The molecule has 7 heteroatoms. The largest absolute Gasteiger partial charge is 0.397 e. The van der Waals surface area contributed by atoms with E-state index in [4.69, 9.17) is 4.55 Å². The smallest absolute Gasteiger partial charge is 0.333 e. The summed E-state index contributed by atoms with van der Waals surface area (Å²) in [6.45, 7) is 2.36. The van der Waals surface area contributed by atoms with Crippen LogP contribution in [0.2, 0.25) is 0 Å². The molecule has 0 aliphatic heterocycles. The molecule has 0 aromatic rings. The van der Waals surface area contributed by atoms with Crippen molar-refractivity contribution < 1.29 is 17.2 Å². The molecule has 29 heavy (non-hydrogen) atoms. The summed E-state index contributed by atoms with van der Waals surface area (Å²) in [7, 11) is 3.26. The molecule has 0 aliphatic rings. The van der Waals surface area contributed by atoms with Crippen molar-refractivity contribution in [2.24, 2.45) is 5.73 Å². The monoisotopic (exact) mass is 440 g/mol. The van der Waals surface area contributed by atoms with Gasteiger partial charge in [0.05, 0.1) is 6.61 Å². The van der Waals surface area contributed by atoms with Crippen LogP contribution < -0.4 is 5.73 Å². The van der Waals surface area contributed by atoms with E-state index in [-0.39, 0.29) is 6.61 Å². The van der Waals surface area contributed by atoms with E-state index >= 15 is 0 Å². The van der Waals surface area contributed by atoms with Gasteiger partial charge >= 0.3 is 10.4 Å². The Morgan fingerprint density at radius 1 is 0.655 bits per heavy atom. The van der Waals surface area contributed by atoms with E-state index in [1.54, 1.807) is 0 Å². The molecule has 0 saturated heterocycles. The van der Waals surface area contributed by atoms with Crippen LogP contribution in [-0.2, 0) is 14.6 Å². The first-order valence-electron chi connectivity index (χ1n) is 11.6. The van der Waals surface area contributed by atoms with Crippen LogP contribution in [0.1, 0.15) is 110 Å². The Morgan fingerprint density at radius 2 is 0.897 bits per heavy atom. The fourth-order valence-electron chi connectivity index (χ4n) is 2.81. The second-order valence-corrected chi connectivity index (χ2v) is 8.99. The summed E-state index contributed by atoms with van der Waals surface area (Å²) in [5, 5.41) is 0. The molecule has 0 bridgehead atoms. The Bertz CT molecular complexity index is 374. The first-order chi connectivity index (χ1) is 13.8. The number of nitrogens with zero attached hydrogens (tertiary/aromatic N) is 1. The van der Waals surface area contributed by atoms with Crippen LogP contribution in [-0.4, -0.2) is 52.7 Å². The second kappa shape index (κ2) is 27.8. The molecule has 0 aromatic carbocycles. The summed E-state index contributed by atoms with van der Waals surface area (Å²) in [4.78, 5) is 2.00. The summed E-state index contributed by atoms with van der Waals surface area (Å²) in [6, 6.07) is 0. The van der Waals surface area contributed by atoms with Crippen LogP contribution in [0.4, 0.5) is 0 Å². The highest BCUT2D eigenvalue weighted by Gasteiger charge is 2.02. The van der Waals surface area contributed by atoms with Crippen molar-refractivity contribution in [2.75, 3.05) is 34.8 Å². The highest BCUT2D eigenvalue weighted by Crippen LogP contribution is 2.13. The van der Waals surface area contributed by atoms with Crippen LogP contribution in [0.5, 0.6) is 0 Å². The Labute approximate surface area is 182 Å². The first kappa shape index (κ1) is 33.4. The maximum Gasteiger partial charge on any atom is 0.397 e. The molecule has 0 fully saturated rings. The normalized spacial score (nSPS) is 10.9. The summed E-state index contributed by atoms with van der Waals surface area (Å²) >= 11 is 0. The molecule has 0 unspecified atom stereocenters. The fourth-order valence-corrected chi connectivity index (χ4v) is 3.14. The van der Waals surface area contributed by atoms with Gasteiger partial charge in [-0.25, -0.2) is 4.18 Å². The molecule has 0 aliphatic carbocycles. The molecular weight excluding hydrogens is 388 g/mol. The molecule has 180 valence electrons. The number of nitrogens with two attached hydrogens (primary N) is 1. The average Bonchev–Trinajstić information content (AvgIpc) is 2.64. The van der Waals surface area contributed by atoms with E-state index in [1.165, 1.54) is 90.5 Å². The lowest BCUT2D eigenvalue weighted by Gasteiger charge is -2.03. The standard InChI is InChI=1S/C18H38O4S.C3H9N.CH5N/c1-2-3-4-5-6-7-8-9-10-11-12-13-14-15-16-17-18-22-23(19,20)21;1-4(2)3;1-2/h2-18H2,1H3,(H,19,20,21);1-3H3;2H2,1H3. The Balaban J connectivity index is -0.000000994. The molecular formula is C22H52N2O4S. The molecule has 0 saturated carbocycles. The van der Waals surface area contributed by atoms with E-state index in [0.717, 1.165) is 12.8 Å². The van der Waals surface area contributed by atoms with E-state index < -0.39 is 10.4 Å². The maximum absolute atomic E-state index is 10.3. The molecule has 0 radical (unpaired) electrons. The highest BCUT2D eigenvalue weighted by molar-refractivity contribution is 7.80. The van der Waals surface area contributed by atoms with Crippen molar-refractivity contribution in [3.63, 3.8) is 0 Å². The van der Waals surface area contributed by atoms with Gasteiger partial charge in [0.25, 0.3) is 0 Å². The predicted molar refractivity (Wildman–Crippen MR) is 127 cm³/mol. The summed E-state index contributed by atoms with van der Waals surface area (Å²) < 4.78 is 33.3. The first-order valence-corrected chi connectivity index (χ1v) is 13.0. The summed E-state index contributed by atoms with van der Waals surface area (Å²) in [5.41, 5.74) is 4.50. The quantitative estimate of drug-likeness (QED) is 0.206. The number of rotatable bonds is 18. The van der Waals surface area contributed by atoms with Crippen LogP contribution in [0.15, 0.2) is 0 Å². The minimum Gasteiger partial charge on any atom is -0.333 e. The number of unbranched alkanes of at least 4 members (excludes halogenated alkanes) is 15. The van der Waals surface area contributed by atoms with Gasteiger partial charge < -0.3 is 10.6 Å². The van der Waals surface area contributed by atoms with Gasteiger partial charge in [-0.2, -0.15) is 8.42 Å². The van der Waals surface area contributed by atoms with Gasteiger partial charge in [0, 0.05) is 0 Å². The molecule has 0 rings (SSSR count). The van der Waals surface area contributed by atoms with Gasteiger partial charge in [-0.05, 0) is 34.6 Å². The van der Waals surface area contributed by atoms with Crippen LogP contribution in [0.3, 0.4) is 0 Å². The van der Waals surface area contributed by atoms with Crippen molar-refractivity contribution >= 4 is 10.4 Å². The zero-order chi connectivity index (χ0) is 22.8. The van der Waals surface area contributed by atoms with Gasteiger partial charge in [-0.15, -0.1) is 0 Å². The zero-order valence-electron chi connectivity index (χ0n) is 20.1. The van der Waals surface area contributed by atoms with Crippen molar-refractivity contribution in [3.8, 4) is 0 Å². The minimum absolute atomic E-state index is 0.0945. The van der Waals surface area contributed by atoms with Gasteiger partial charge in [-0.1, -0.05) is 103 Å². The van der Waals surface area contributed by atoms with E-state index in [9.17, 15) is 8.42 Å². The summed E-state index contributed by atoms with van der Waals surface area (Å²) in [5.74, 6) is 0. The minimum atomic E-state index is -4.24. The lowest BCUT2D eigenvalue weighted by molar-refractivity contribution is 0.261. The summed E-state index contributed by atoms with van der Waals surface area (Å²) in [6.07, 6.45) is 20.5. The average molecular weight is 441 g/mol. The van der Waals surface area contributed by atoms with Crippen molar-refractivity contribution in [1.29, 1.82) is 0 Å². The van der Waals surface area contributed by atoms with Gasteiger partial charge in [0.1, 0.15) is 0 Å². The van der Waals surface area contributed by atoms with Crippen molar-refractivity contribution in [1.82, 2.24) is 4.90 Å². The third-order valence-electron chi connectivity index (χ3n) is 4.23. The fraction of sp³-hybridized carbons (Fsp3) is 1.00. The predicted octanol–water partition coefficient (Wildman–Crippen LogP) is 5.82. The molecule has 0 heterocycles. The van der Waals surface area contributed by atoms with E-state index in [2.05, 4.69) is 16.8 Å². The Kier molecular flexibility index (Phi) is 32.0. The third kappa shape index (κ3) is 47.2. The molecule has 0 amide bonds. The Hall–Kier alpha value is -0.210. The van der Waals surface area contributed by atoms with Gasteiger partial charge in [0.2, 0.25) is 0 Å². The van der Waals surface area contributed by atoms with E-state index in [0.29, 0.717) is 6.42 Å². The molecule has 0 spiro atoms. The van der Waals surface area contributed by atoms with Crippen LogP contribution >= 0.6 is 0 Å². The van der Waals surface area contributed by atoms with Crippen LogP contribution in [0.25, 0.3) is 0 Å². The van der Waals surface area contributed by atoms with Crippen molar-refractivity contribution in [2.45, 2.75) is 110 Å². The van der Waals surface area contributed by atoms with Crippen LogP contribution in [0, 0.1) is 0 Å². The third-order valence-corrected chi connectivity index (χ3v) is 4.69. The SMILES string of the molecule is CCCCCCCCCCCCCCCCCCOS(=O)(=O)O.CN.CN(C)C. The van der Waals surface area contributed by atoms with Gasteiger partial charge in [0.15, 0.2) is 0 Å². The lowest BCUT2D eigenvalue weighted by Crippen LogP contribution is -2.04. The number of hydrogen-bond acceptors (Lipinski definition) is 5. The molecule has 0 atom stereocenters. The molecule has 6 nitrogen and oxygen atoms in total. The highest BCUT2D eigenvalue weighted by atomic mass is 32.3. The second-order valence-electron chi connectivity index (χ2n) is 7.89.